The van der Waals surface area contributed by atoms with E-state index in [1.807, 2.05) is 0 Å². The maximum absolute atomic E-state index is 13.5. The van der Waals surface area contributed by atoms with Gasteiger partial charge in [-0.2, -0.15) is 0 Å². The van der Waals surface area contributed by atoms with Crippen LogP contribution in [0.4, 0.5) is 4.39 Å². The van der Waals surface area contributed by atoms with Gasteiger partial charge in [-0.25, -0.2) is 17.1 Å². The Morgan fingerprint density at radius 3 is 2.53 bits per heavy atom. The Balaban J connectivity index is 3.10. The Labute approximate surface area is 121 Å². The molecule has 108 valence electrons. The second kappa shape index (κ2) is 6.37. The number of halogens is 3. The smallest absolute Gasteiger partial charge is 0.244 e. The number of hydrogen-bond acceptors (Lipinski definition) is 3. The zero-order valence-electron chi connectivity index (χ0n) is 10.4. The minimum Gasteiger partial charge on any atom is -0.393 e. The summed E-state index contributed by atoms with van der Waals surface area (Å²) in [7, 11) is -2.58. The molecule has 0 aliphatic carbocycles. The van der Waals surface area contributed by atoms with Crippen LogP contribution in [0.25, 0.3) is 0 Å². The maximum Gasteiger partial charge on any atom is 0.244 e. The topological polar surface area (TPSA) is 57.6 Å². The average Bonchev–Trinajstić information content (AvgIpc) is 2.32. The molecule has 1 aromatic rings. The summed E-state index contributed by atoms with van der Waals surface area (Å²) in [5, 5.41) is 8.38. The molecule has 0 saturated heterocycles. The van der Waals surface area contributed by atoms with E-state index in [-0.39, 0.29) is 22.9 Å². The molecule has 1 rings (SSSR count). The number of sulfonamides is 1. The molecule has 0 aliphatic heterocycles. The highest BCUT2D eigenvalue weighted by molar-refractivity contribution is 7.89. The fraction of sp³-hybridized carbons (Fsp3) is 0.455. The number of aliphatic hydroxyl groups is 1. The van der Waals surface area contributed by atoms with E-state index >= 15 is 0 Å². The lowest BCUT2D eigenvalue weighted by atomic mass is 10.3. The summed E-state index contributed by atoms with van der Waals surface area (Å²) >= 11 is 11.2. The number of aliphatic hydroxyl groups excluding tert-OH is 1. The highest BCUT2D eigenvalue weighted by atomic mass is 35.5. The van der Waals surface area contributed by atoms with Crippen LogP contribution in [-0.4, -0.2) is 37.5 Å². The first-order valence-electron chi connectivity index (χ1n) is 5.45. The molecule has 0 heterocycles. The van der Waals surface area contributed by atoms with Crippen LogP contribution < -0.4 is 0 Å². The summed E-state index contributed by atoms with van der Waals surface area (Å²) in [5.41, 5.74) is 0. The third-order valence-corrected chi connectivity index (χ3v) is 5.22. The lowest BCUT2D eigenvalue weighted by Gasteiger charge is -2.19. The Morgan fingerprint density at radius 2 is 2.00 bits per heavy atom. The molecule has 0 bridgehead atoms. The van der Waals surface area contributed by atoms with Crippen molar-refractivity contribution in [1.82, 2.24) is 4.31 Å². The molecule has 0 aliphatic rings. The number of rotatable bonds is 5. The second-order valence-corrected chi connectivity index (χ2v) is 6.94. The first-order valence-corrected chi connectivity index (χ1v) is 7.65. The number of hydrogen-bond donors (Lipinski definition) is 1. The van der Waals surface area contributed by atoms with Gasteiger partial charge < -0.3 is 5.11 Å². The molecule has 19 heavy (non-hydrogen) atoms. The van der Waals surface area contributed by atoms with E-state index in [1.54, 1.807) is 6.92 Å². The van der Waals surface area contributed by atoms with Crippen LogP contribution in [0, 0.1) is 5.82 Å². The van der Waals surface area contributed by atoms with Crippen molar-refractivity contribution < 1.29 is 17.9 Å². The van der Waals surface area contributed by atoms with Crippen molar-refractivity contribution in [1.29, 1.82) is 0 Å². The van der Waals surface area contributed by atoms with Crippen molar-refractivity contribution in [3.63, 3.8) is 0 Å². The molecule has 0 spiro atoms. The predicted molar refractivity (Wildman–Crippen MR) is 72.5 cm³/mol. The standard InChI is InChI=1S/C11H14Cl2FNO3S/c1-7(16)5-6-15(2)19(17,18)9-4-3-8(12)11(14)10(9)13/h3-4,7,16H,5-6H2,1-2H3. The third-order valence-electron chi connectivity index (χ3n) is 2.55. The fourth-order valence-electron chi connectivity index (χ4n) is 1.36. The molecule has 0 amide bonds. The van der Waals surface area contributed by atoms with Gasteiger partial charge in [0.2, 0.25) is 10.0 Å². The highest BCUT2D eigenvalue weighted by Gasteiger charge is 2.26. The zero-order chi connectivity index (χ0) is 14.8. The molecule has 0 aromatic heterocycles. The van der Waals surface area contributed by atoms with E-state index in [4.69, 9.17) is 28.3 Å². The van der Waals surface area contributed by atoms with Gasteiger partial charge in [-0.3, -0.25) is 0 Å². The molecule has 1 aromatic carbocycles. The Kier molecular flexibility index (Phi) is 5.58. The van der Waals surface area contributed by atoms with Crippen LogP contribution in [0.2, 0.25) is 10.0 Å². The third kappa shape index (κ3) is 3.79. The Hall–Kier alpha value is -0.400. The fourth-order valence-corrected chi connectivity index (χ4v) is 3.26. The van der Waals surface area contributed by atoms with Crippen molar-refractivity contribution in [2.24, 2.45) is 0 Å². The molecule has 1 unspecified atom stereocenters. The molecule has 8 heteroatoms. The lowest BCUT2D eigenvalue weighted by molar-refractivity contribution is 0.177. The van der Waals surface area contributed by atoms with E-state index in [2.05, 4.69) is 0 Å². The van der Waals surface area contributed by atoms with Crippen LogP contribution in [0.5, 0.6) is 0 Å². The normalized spacial score (nSPS) is 13.8. The second-order valence-electron chi connectivity index (χ2n) is 4.14. The Bertz CT molecular complexity index is 563. The minimum absolute atomic E-state index is 0.0978. The summed E-state index contributed by atoms with van der Waals surface area (Å²) in [6.07, 6.45) is -0.362. The minimum atomic E-state index is -3.91. The van der Waals surface area contributed by atoms with Gasteiger partial charge in [-0.05, 0) is 25.5 Å². The van der Waals surface area contributed by atoms with Crippen molar-refractivity contribution in [3.05, 3.63) is 28.0 Å². The van der Waals surface area contributed by atoms with E-state index < -0.39 is 27.0 Å². The maximum atomic E-state index is 13.5. The number of benzene rings is 1. The van der Waals surface area contributed by atoms with Crippen LogP contribution in [0.15, 0.2) is 17.0 Å². The highest BCUT2D eigenvalue weighted by Crippen LogP contribution is 2.30. The molecule has 0 radical (unpaired) electrons. The van der Waals surface area contributed by atoms with E-state index in [0.29, 0.717) is 0 Å². The van der Waals surface area contributed by atoms with Gasteiger partial charge in [0.1, 0.15) is 4.90 Å². The predicted octanol–water partition coefficient (Wildman–Crippen LogP) is 2.52. The summed E-state index contributed by atoms with van der Waals surface area (Å²) in [6.45, 7) is 1.65. The van der Waals surface area contributed by atoms with E-state index in [1.165, 1.54) is 7.05 Å². The first-order chi connectivity index (χ1) is 8.67. The van der Waals surface area contributed by atoms with E-state index in [9.17, 15) is 12.8 Å². The van der Waals surface area contributed by atoms with Gasteiger partial charge >= 0.3 is 0 Å². The van der Waals surface area contributed by atoms with Gasteiger partial charge in [-0.15, -0.1) is 0 Å². The zero-order valence-corrected chi connectivity index (χ0v) is 12.7. The largest absolute Gasteiger partial charge is 0.393 e. The summed E-state index contributed by atoms with van der Waals surface area (Å²) < 4.78 is 38.9. The molecule has 4 nitrogen and oxygen atoms in total. The quantitative estimate of drug-likeness (QED) is 0.844. The molecule has 0 saturated carbocycles. The van der Waals surface area contributed by atoms with Gasteiger partial charge in [-0.1, -0.05) is 23.2 Å². The van der Waals surface area contributed by atoms with Crippen LogP contribution in [0.3, 0.4) is 0 Å². The van der Waals surface area contributed by atoms with Crippen molar-refractivity contribution in [2.75, 3.05) is 13.6 Å². The van der Waals surface area contributed by atoms with Crippen molar-refractivity contribution in [3.8, 4) is 0 Å². The summed E-state index contributed by atoms with van der Waals surface area (Å²) in [6, 6.07) is 2.29. The molecular formula is C11H14Cl2FNO3S. The SMILES string of the molecule is CC(O)CCN(C)S(=O)(=O)c1ccc(Cl)c(F)c1Cl. The molecular weight excluding hydrogens is 316 g/mol. The molecule has 1 N–H and O–H groups in total. The molecule has 1 atom stereocenters. The van der Waals surface area contributed by atoms with E-state index in [0.717, 1.165) is 16.4 Å². The van der Waals surface area contributed by atoms with Crippen molar-refractivity contribution >= 4 is 33.2 Å². The Morgan fingerprint density at radius 1 is 1.42 bits per heavy atom. The average molecular weight is 330 g/mol. The van der Waals surface area contributed by atoms with Gasteiger partial charge in [0.15, 0.2) is 5.82 Å². The summed E-state index contributed by atoms with van der Waals surface area (Å²) in [5.74, 6) is -0.965. The number of nitrogens with zero attached hydrogens (tertiary/aromatic N) is 1. The molecule has 0 fully saturated rings. The monoisotopic (exact) mass is 329 g/mol. The summed E-state index contributed by atoms with van der Waals surface area (Å²) in [4.78, 5) is -0.343. The van der Waals surface area contributed by atoms with Crippen LogP contribution >= 0.6 is 23.2 Å². The van der Waals surface area contributed by atoms with Gasteiger partial charge in [0.05, 0.1) is 16.1 Å². The van der Waals surface area contributed by atoms with Crippen LogP contribution in [-0.2, 0) is 10.0 Å². The lowest BCUT2D eigenvalue weighted by Crippen LogP contribution is -2.30. The van der Waals surface area contributed by atoms with Crippen molar-refractivity contribution in [2.45, 2.75) is 24.3 Å². The van der Waals surface area contributed by atoms with Gasteiger partial charge in [0.25, 0.3) is 0 Å². The first kappa shape index (κ1) is 16.7. The van der Waals surface area contributed by atoms with Gasteiger partial charge in [0, 0.05) is 13.6 Å². The van der Waals surface area contributed by atoms with Crippen LogP contribution in [0.1, 0.15) is 13.3 Å².